The van der Waals surface area contributed by atoms with Crippen LogP contribution in [0.4, 0.5) is 4.79 Å². The summed E-state index contributed by atoms with van der Waals surface area (Å²) in [5, 5.41) is 11.4. The molecule has 0 aliphatic carbocycles. The first-order valence-electron chi connectivity index (χ1n) is 7.01. The second-order valence-electron chi connectivity index (χ2n) is 5.35. The molecule has 0 bridgehead atoms. The van der Waals surface area contributed by atoms with Crippen LogP contribution in [0.5, 0.6) is 0 Å². The molecule has 0 saturated carbocycles. The number of hydrogen-bond acceptors (Lipinski definition) is 3. The number of aliphatic carboxylic acids is 1. The molecule has 1 aromatic rings. The summed E-state index contributed by atoms with van der Waals surface area (Å²) >= 11 is 0. The maximum absolute atomic E-state index is 11.9. The summed E-state index contributed by atoms with van der Waals surface area (Å²) in [4.78, 5) is 28.3. The molecule has 1 rings (SSSR count). The van der Waals surface area contributed by atoms with Crippen molar-refractivity contribution in [2.45, 2.75) is 33.2 Å². The molecule has 0 aliphatic rings. The van der Waals surface area contributed by atoms with Gasteiger partial charge in [-0.1, -0.05) is 13.0 Å². The fourth-order valence-electron chi connectivity index (χ4n) is 1.87. The van der Waals surface area contributed by atoms with Gasteiger partial charge in [0.2, 0.25) is 0 Å². The van der Waals surface area contributed by atoms with Crippen LogP contribution in [0.3, 0.4) is 0 Å². The minimum absolute atomic E-state index is 0.125. The SMILES string of the molecule is Cc1cccc(CN(C)C(=O)NCC(C)CCC(=O)O)n1. The van der Waals surface area contributed by atoms with E-state index in [2.05, 4.69) is 10.3 Å². The van der Waals surface area contributed by atoms with Crippen molar-refractivity contribution < 1.29 is 14.7 Å². The first-order valence-corrected chi connectivity index (χ1v) is 7.01. The molecule has 6 heteroatoms. The van der Waals surface area contributed by atoms with Gasteiger partial charge in [0.1, 0.15) is 0 Å². The van der Waals surface area contributed by atoms with Gasteiger partial charge in [-0.05, 0) is 31.4 Å². The number of urea groups is 1. The first-order chi connectivity index (χ1) is 9.88. The van der Waals surface area contributed by atoms with Gasteiger partial charge in [0.05, 0.1) is 12.2 Å². The second kappa shape index (κ2) is 8.24. The smallest absolute Gasteiger partial charge is 0.317 e. The van der Waals surface area contributed by atoms with Gasteiger partial charge in [-0.15, -0.1) is 0 Å². The van der Waals surface area contributed by atoms with Gasteiger partial charge in [-0.2, -0.15) is 0 Å². The molecule has 1 atom stereocenters. The van der Waals surface area contributed by atoms with Gasteiger partial charge in [0.15, 0.2) is 0 Å². The number of carbonyl (C=O) groups is 2. The fraction of sp³-hybridized carbons (Fsp3) is 0.533. The van der Waals surface area contributed by atoms with Crippen molar-refractivity contribution in [2.24, 2.45) is 5.92 Å². The molecule has 6 nitrogen and oxygen atoms in total. The quantitative estimate of drug-likeness (QED) is 0.806. The fourth-order valence-corrected chi connectivity index (χ4v) is 1.87. The van der Waals surface area contributed by atoms with E-state index in [4.69, 9.17) is 5.11 Å². The lowest BCUT2D eigenvalue weighted by molar-refractivity contribution is -0.137. The molecule has 2 amide bonds. The summed E-state index contributed by atoms with van der Waals surface area (Å²) in [5.74, 6) is -0.675. The molecule has 1 heterocycles. The molecule has 0 aromatic carbocycles. The molecule has 0 aliphatic heterocycles. The van der Waals surface area contributed by atoms with Gasteiger partial charge in [0.25, 0.3) is 0 Å². The highest BCUT2D eigenvalue weighted by molar-refractivity contribution is 5.73. The molecule has 21 heavy (non-hydrogen) atoms. The Kier molecular flexibility index (Phi) is 6.65. The number of nitrogens with zero attached hydrogens (tertiary/aromatic N) is 2. The zero-order valence-corrected chi connectivity index (χ0v) is 12.8. The Morgan fingerprint density at radius 1 is 1.43 bits per heavy atom. The molecule has 0 saturated heterocycles. The van der Waals surface area contributed by atoms with E-state index < -0.39 is 5.97 Å². The predicted octanol–water partition coefficient (Wildman–Crippen LogP) is 2.03. The molecule has 1 aromatic heterocycles. The predicted molar refractivity (Wildman–Crippen MR) is 79.9 cm³/mol. The maximum atomic E-state index is 11.9. The summed E-state index contributed by atoms with van der Waals surface area (Å²) in [6, 6.07) is 5.53. The highest BCUT2D eigenvalue weighted by atomic mass is 16.4. The molecule has 0 fully saturated rings. The second-order valence-corrected chi connectivity index (χ2v) is 5.35. The van der Waals surface area contributed by atoms with E-state index in [0.29, 0.717) is 19.5 Å². The number of carboxylic acid groups (broad SMARTS) is 1. The van der Waals surface area contributed by atoms with Crippen molar-refractivity contribution >= 4 is 12.0 Å². The third-order valence-electron chi connectivity index (χ3n) is 3.14. The Balaban J connectivity index is 2.35. The van der Waals surface area contributed by atoms with E-state index in [-0.39, 0.29) is 18.4 Å². The zero-order valence-electron chi connectivity index (χ0n) is 12.8. The van der Waals surface area contributed by atoms with Crippen molar-refractivity contribution in [3.05, 3.63) is 29.6 Å². The Morgan fingerprint density at radius 2 is 2.14 bits per heavy atom. The van der Waals surface area contributed by atoms with Crippen LogP contribution < -0.4 is 5.32 Å². The van der Waals surface area contributed by atoms with Crippen molar-refractivity contribution in [3.63, 3.8) is 0 Å². The number of aromatic nitrogens is 1. The lowest BCUT2D eigenvalue weighted by Gasteiger charge is -2.19. The van der Waals surface area contributed by atoms with Crippen molar-refractivity contribution in [1.82, 2.24) is 15.2 Å². The van der Waals surface area contributed by atoms with E-state index in [9.17, 15) is 9.59 Å². The number of hydrogen-bond donors (Lipinski definition) is 2. The number of rotatable bonds is 7. The summed E-state index contributed by atoms with van der Waals surface area (Å²) in [6.45, 7) is 4.74. The van der Waals surface area contributed by atoms with Gasteiger partial charge < -0.3 is 15.3 Å². The minimum atomic E-state index is -0.809. The average molecular weight is 293 g/mol. The number of aryl methyl sites for hydroxylation is 1. The van der Waals surface area contributed by atoms with Crippen LogP contribution in [0.2, 0.25) is 0 Å². The number of nitrogens with one attached hydrogen (secondary N) is 1. The number of carboxylic acids is 1. The maximum Gasteiger partial charge on any atom is 0.317 e. The van der Waals surface area contributed by atoms with E-state index in [1.807, 2.05) is 32.0 Å². The van der Waals surface area contributed by atoms with Crippen LogP contribution in [0.1, 0.15) is 31.2 Å². The highest BCUT2D eigenvalue weighted by Gasteiger charge is 2.12. The normalized spacial score (nSPS) is 11.8. The van der Waals surface area contributed by atoms with Crippen LogP contribution in [-0.2, 0) is 11.3 Å². The van der Waals surface area contributed by atoms with E-state index >= 15 is 0 Å². The summed E-state index contributed by atoms with van der Waals surface area (Å²) < 4.78 is 0. The first kappa shape index (κ1) is 16.9. The zero-order chi connectivity index (χ0) is 15.8. The topological polar surface area (TPSA) is 82.5 Å². The van der Waals surface area contributed by atoms with Crippen LogP contribution in [0.15, 0.2) is 18.2 Å². The number of carbonyl (C=O) groups excluding carboxylic acids is 1. The third-order valence-corrected chi connectivity index (χ3v) is 3.14. The lowest BCUT2D eigenvalue weighted by atomic mass is 10.1. The molecule has 116 valence electrons. The Labute approximate surface area is 125 Å². The van der Waals surface area contributed by atoms with Crippen molar-refractivity contribution in [1.29, 1.82) is 0 Å². The van der Waals surface area contributed by atoms with Crippen molar-refractivity contribution in [3.8, 4) is 0 Å². The Bertz CT molecular complexity index is 491. The van der Waals surface area contributed by atoms with E-state index in [0.717, 1.165) is 11.4 Å². The van der Waals surface area contributed by atoms with E-state index in [1.165, 1.54) is 0 Å². The van der Waals surface area contributed by atoms with Gasteiger partial charge in [-0.3, -0.25) is 9.78 Å². The van der Waals surface area contributed by atoms with Gasteiger partial charge in [-0.25, -0.2) is 4.79 Å². The lowest BCUT2D eigenvalue weighted by Crippen LogP contribution is -2.39. The van der Waals surface area contributed by atoms with Gasteiger partial charge in [0, 0.05) is 25.7 Å². The van der Waals surface area contributed by atoms with Crippen LogP contribution in [-0.4, -0.2) is 40.6 Å². The summed E-state index contributed by atoms with van der Waals surface area (Å²) in [5.41, 5.74) is 1.76. The Morgan fingerprint density at radius 3 is 2.76 bits per heavy atom. The average Bonchev–Trinajstić information content (AvgIpc) is 2.42. The number of amides is 2. The number of pyridine rings is 1. The van der Waals surface area contributed by atoms with E-state index in [1.54, 1.807) is 11.9 Å². The molecule has 0 spiro atoms. The van der Waals surface area contributed by atoms with Crippen LogP contribution in [0, 0.1) is 12.8 Å². The minimum Gasteiger partial charge on any atom is -0.481 e. The molecule has 0 radical (unpaired) electrons. The summed E-state index contributed by atoms with van der Waals surface area (Å²) in [6.07, 6.45) is 0.679. The van der Waals surface area contributed by atoms with Crippen LogP contribution >= 0.6 is 0 Å². The van der Waals surface area contributed by atoms with Gasteiger partial charge >= 0.3 is 12.0 Å². The molecular formula is C15H23N3O3. The third kappa shape index (κ3) is 6.74. The molecule has 1 unspecified atom stereocenters. The monoisotopic (exact) mass is 293 g/mol. The molecule has 2 N–H and O–H groups in total. The summed E-state index contributed by atoms with van der Waals surface area (Å²) in [7, 11) is 1.71. The highest BCUT2D eigenvalue weighted by Crippen LogP contribution is 2.05. The van der Waals surface area contributed by atoms with Crippen LogP contribution in [0.25, 0.3) is 0 Å². The molecular weight excluding hydrogens is 270 g/mol. The van der Waals surface area contributed by atoms with Crippen molar-refractivity contribution in [2.75, 3.05) is 13.6 Å². The standard InChI is InChI=1S/C15H23N3O3/c1-11(7-8-14(19)20)9-16-15(21)18(3)10-13-6-4-5-12(2)17-13/h4-6,11H,7-10H2,1-3H3,(H,16,21)(H,19,20). The Hall–Kier alpha value is -2.11. The largest absolute Gasteiger partial charge is 0.481 e.